The van der Waals surface area contributed by atoms with Gasteiger partial charge in [0.1, 0.15) is 11.9 Å². The van der Waals surface area contributed by atoms with Gasteiger partial charge >= 0.3 is 5.97 Å². The summed E-state index contributed by atoms with van der Waals surface area (Å²) in [6, 6.07) is 0. The highest BCUT2D eigenvalue weighted by Crippen LogP contribution is 2.74. The van der Waals surface area contributed by atoms with Crippen molar-refractivity contribution in [2.24, 2.45) is 45.3 Å². The first-order chi connectivity index (χ1) is 15.8. The van der Waals surface area contributed by atoms with E-state index in [0.29, 0.717) is 42.5 Å². The maximum absolute atomic E-state index is 12.9. The SMILES string of the molecule is C=C(C)C(=O)CC[C@H]1C(=O)O[C@H]2C[C@]3(C)C4=CC[C@H]5C(C)(C)C(=O)CC[C@]5(C)[C@H]4CC[C@@]3(C)[C@@H]21. The van der Waals surface area contributed by atoms with E-state index >= 15 is 0 Å². The van der Waals surface area contributed by atoms with E-state index in [1.165, 1.54) is 0 Å². The molecule has 4 aliphatic carbocycles. The van der Waals surface area contributed by atoms with Crippen LogP contribution in [0.25, 0.3) is 0 Å². The lowest BCUT2D eigenvalue weighted by molar-refractivity contribution is -0.147. The third-order valence-electron chi connectivity index (χ3n) is 11.8. The van der Waals surface area contributed by atoms with E-state index < -0.39 is 0 Å². The van der Waals surface area contributed by atoms with Gasteiger partial charge in [0.05, 0.1) is 5.92 Å². The monoisotopic (exact) mass is 466 g/mol. The molecule has 0 radical (unpaired) electrons. The summed E-state index contributed by atoms with van der Waals surface area (Å²) in [7, 11) is 0. The smallest absolute Gasteiger partial charge is 0.309 e. The molecule has 4 heteroatoms. The Morgan fingerprint density at radius 3 is 2.53 bits per heavy atom. The zero-order valence-electron chi connectivity index (χ0n) is 22.0. The number of esters is 1. The molecule has 0 aromatic heterocycles. The average Bonchev–Trinajstić information content (AvgIpc) is 3.18. The molecule has 0 amide bonds. The fourth-order valence-corrected chi connectivity index (χ4v) is 9.59. The quantitative estimate of drug-likeness (QED) is 0.280. The number of ketones is 2. The van der Waals surface area contributed by atoms with Gasteiger partial charge in [-0.3, -0.25) is 14.4 Å². The van der Waals surface area contributed by atoms with Gasteiger partial charge in [-0.25, -0.2) is 0 Å². The average molecular weight is 467 g/mol. The van der Waals surface area contributed by atoms with Crippen molar-refractivity contribution in [2.45, 2.75) is 99.0 Å². The second-order valence-corrected chi connectivity index (χ2v) is 13.5. The van der Waals surface area contributed by atoms with Crippen LogP contribution in [0.15, 0.2) is 23.8 Å². The minimum absolute atomic E-state index is 0.0118. The van der Waals surface area contributed by atoms with Crippen LogP contribution in [-0.2, 0) is 19.1 Å². The minimum Gasteiger partial charge on any atom is -0.462 e. The van der Waals surface area contributed by atoms with E-state index in [9.17, 15) is 14.4 Å². The lowest BCUT2D eigenvalue weighted by Gasteiger charge is -2.63. The van der Waals surface area contributed by atoms with E-state index in [2.05, 4.69) is 47.3 Å². The molecular formula is C30H42O4. The third kappa shape index (κ3) is 2.92. The van der Waals surface area contributed by atoms with E-state index in [4.69, 9.17) is 4.74 Å². The van der Waals surface area contributed by atoms with Crippen LogP contribution in [0.2, 0.25) is 0 Å². The van der Waals surface area contributed by atoms with Gasteiger partial charge in [-0.2, -0.15) is 0 Å². The number of allylic oxidation sites excluding steroid dienone is 3. The fourth-order valence-electron chi connectivity index (χ4n) is 9.59. The number of fused-ring (bicyclic) bond motifs is 7. The Morgan fingerprint density at radius 1 is 1.15 bits per heavy atom. The summed E-state index contributed by atoms with van der Waals surface area (Å²) >= 11 is 0. The molecule has 186 valence electrons. The van der Waals surface area contributed by atoms with Gasteiger partial charge in [-0.05, 0) is 79.1 Å². The van der Waals surface area contributed by atoms with Crippen molar-refractivity contribution in [1.82, 2.24) is 0 Å². The number of carbonyl (C=O) groups excluding carboxylic acids is 3. The molecule has 4 nitrogen and oxygen atoms in total. The number of rotatable bonds is 4. The van der Waals surface area contributed by atoms with Crippen LogP contribution in [0.5, 0.6) is 0 Å². The molecule has 1 aliphatic heterocycles. The highest BCUT2D eigenvalue weighted by Gasteiger charge is 2.71. The molecule has 34 heavy (non-hydrogen) atoms. The van der Waals surface area contributed by atoms with Crippen LogP contribution in [-0.4, -0.2) is 23.6 Å². The number of Topliss-reactive ketones (excluding diaryl/α,β-unsaturated/α-hetero) is 2. The molecule has 0 unspecified atom stereocenters. The molecular weight excluding hydrogens is 424 g/mol. The van der Waals surface area contributed by atoms with Gasteiger partial charge in [0.15, 0.2) is 5.78 Å². The summed E-state index contributed by atoms with van der Waals surface area (Å²) in [5, 5.41) is 0. The largest absolute Gasteiger partial charge is 0.462 e. The van der Waals surface area contributed by atoms with Crippen molar-refractivity contribution in [3.05, 3.63) is 23.8 Å². The zero-order valence-corrected chi connectivity index (χ0v) is 22.0. The summed E-state index contributed by atoms with van der Waals surface area (Å²) in [6.07, 6.45) is 9.11. The summed E-state index contributed by atoms with van der Waals surface area (Å²) in [5.74, 6) is 1.22. The molecule has 8 atom stereocenters. The highest BCUT2D eigenvalue weighted by molar-refractivity contribution is 5.94. The maximum Gasteiger partial charge on any atom is 0.309 e. The molecule has 3 saturated carbocycles. The number of hydrogen-bond donors (Lipinski definition) is 0. The van der Waals surface area contributed by atoms with Gasteiger partial charge in [-0.15, -0.1) is 0 Å². The van der Waals surface area contributed by atoms with Gasteiger partial charge in [0, 0.05) is 24.2 Å². The fraction of sp³-hybridized carbons (Fsp3) is 0.767. The van der Waals surface area contributed by atoms with Crippen LogP contribution >= 0.6 is 0 Å². The van der Waals surface area contributed by atoms with E-state index in [-0.39, 0.29) is 51.4 Å². The molecule has 0 bridgehead atoms. The molecule has 0 spiro atoms. The van der Waals surface area contributed by atoms with E-state index in [0.717, 1.165) is 32.1 Å². The van der Waals surface area contributed by atoms with Crippen LogP contribution in [0, 0.1) is 45.3 Å². The maximum atomic E-state index is 12.9. The molecule has 0 aromatic rings. The van der Waals surface area contributed by atoms with Crippen LogP contribution < -0.4 is 0 Å². The van der Waals surface area contributed by atoms with Crippen molar-refractivity contribution in [2.75, 3.05) is 0 Å². The van der Waals surface area contributed by atoms with Crippen molar-refractivity contribution in [1.29, 1.82) is 0 Å². The summed E-state index contributed by atoms with van der Waals surface area (Å²) in [4.78, 5) is 38.0. The summed E-state index contributed by atoms with van der Waals surface area (Å²) in [5.41, 5.74) is 1.99. The Morgan fingerprint density at radius 2 is 1.85 bits per heavy atom. The van der Waals surface area contributed by atoms with Gasteiger partial charge in [-0.1, -0.05) is 52.8 Å². The first kappa shape index (κ1) is 24.0. The van der Waals surface area contributed by atoms with Crippen LogP contribution in [0.3, 0.4) is 0 Å². The Kier molecular flexibility index (Phi) is 5.22. The standard InChI is InChI=1S/C30H42O4/c1-17(2)21(31)10-8-18-25-22(34-26(18)33)16-30(7)20-9-11-23-27(3,4)24(32)13-14-28(23,5)19(20)12-15-29(25,30)6/h9,18-19,22-23,25H,1,8,10-16H2,2-7H3/t18-,19+,22+,23+,25-,28-,29+,30-/m1/s1. The Balaban J connectivity index is 1.48. The Hall–Kier alpha value is -1.71. The first-order valence-electron chi connectivity index (χ1n) is 13.4. The lowest BCUT2D eigenvalue weighted by Crippen LogP contribution is -2.57. The van der Waals surface area contributed by atoms with Gasteiger partial charge < -0.3 is 4.74 Å². The van der Waals surface area contributed by atoms with Crippen molar-refractivity contribution < 1.29 is 19.1 Å². The molecule has 5 aliphatic rings. The predicted octanol–water partition coefficient (Wildman–Crippen LogP) is 6.24. The second-order valence-electron chi connectivity index (χ2n) is 13.5. The topological polar surface area (TPSA) is 60.4 Å². The lowest BCUT2D eigenvalue weighted by atomic mass is 9.41. The van der Waals surface area contributed by atoms with Gasteiger partial charge in [0.25, 0.3) is 0 Å². The Bertz CT molecular complexity index is 1000. The zero-order chi connectivity index (χ0) is 24.8. The summed E-state index contributed by atoms with van der Waals surface area (Å²) in [6.45, 7) is 17.1. The van der Waals surface area contributed by atoms with Gasteiger partial charge in [0.2, 0.25) is 0 Å². The van der Waals surface area contributed by atoms with Crippen molar-refractivity contribution in [3.63, 3.8) is 0 Å². The van der Waals surface area contributed by atoms with Crippen LogP contribution in [0.4, 0.5) is 0 Å². The number of ether oxygens (including phenoxy) is 1. The molecule has 1 heterocycles. The van der Waals surface area contributed by atoms with E-state index in [1.807, 2.05) is 0 Å². The normalized spacial score (nSPS) is 46.5. The highest BCUT2D eigenvalue weighted by atomic mass is 16.6. The van der Waals surface area contributed by atoms with Crippen molar-refractivity contribution in [3.8, 4) is 0 Å². The minimum atomic E-state index is -0.265. The third-order valence-corrected chi connectivity index (χ3v) is 11.8. The predicted molar refractivity (Wildman–Crippen MR) is 132 cm³/mol. The van der Waals surface area contributed by atoms with E-state index in [1.54, 1.807) is 12.5 Å². The number of carbonyl (C=O) groups is 3. The van der Waals surface area contributed by atoms with Crippen molar-refractivity contribution >= 4 is 17.5 Å². The Labute approximate surface area is 205 Å². The molecule has 4 fully saturated rings. The second kappa shape index (κ2) is 7.40. The summed E-state index contributed by atoms with van der Waals surface area (Å²) < 4.78 is 6.03. The molecule has 5 rings (SSSR count). The molecule has 1 saturated heterocycles. The molecule has 0 N–H and O–H groups in total. The van der Waals surface area contributed by atoms with Crippen LogP contribution in [0.1, 0.15) is 92.9 Å². The molecule has 0 aromatic carbocycles. The number of hydrogen-bond acceptors (Lipinski definition) is 4. The first-order valence-corrected chi connectivity index (χ1v) is 13.4.